The highest BCUT2D eigenvalue weighted by molar-refractivity contribution is 6.30. The van der Waals surface area contributed by atoms with Gasteiger partial charge in [0.15, 0.2) is 0 Å². The Labute approximate surface area is 126 Å². The molecule has 1 aromatic rings. The van der Waals surface area contributed by atoms with Crippen LogP contribution in [0.15, 0.2) is 18.2 Å². The van der Waals surface area contributed by atoms with Gasteiger partial charge in [0.05, 0.1) is 0 Å². The summed E-state index contributed by atoms with van der Waals surface area (Å²) in [7, 11) is 0. The van der Waals surface area contributed by atoms with Gasteiger partial charge in [-0.3, -0.25) is 0 Å². The van der Waals surface area contributed by atoms with Crippen LogP contribution in [0.2, 0.25) is 5.02 Å². The molecule has 1 fully saturated rings. The van der Waals surface area contributed by atoms with Crippen molar-refractivity contribution in [2.45, 2.75) is 44.7 Å². The van der Waals surface area contributed by atoms with E-state index in [1.165, 1.54) is 18.4 Å². The van der Waals surface area contributed by atoms with Gasteiger partial charge in [0.1, 0.15) is 0 Å². The van der Waals surface area contributed by atoms with Crippen LogP contribution in [0, 0.1) is 12.8 Å². The molecular weight excluding hydrogens is 272 g/mol. The number of halogens is 1. The lowest BCUT2D eigenvalue weighted by Crippen LogP contribution is -2.44. The SMILES string of the molecule is Cc1cc(Cl)ccc1C(CN)NC1CCCCC1CO. The normalized spacial score (nSPS) is 24.6. The fourth-order valence-corrected chi connectivity index (χ4v) is 3.45. The third-order valence-electron chi connectivity index (χ3n) is 4.40. The molecule has 0 saturated heterocycles. The molecule has 2 rings (SSSR count). The van der Waals surface area contributed by atoms with E-state index in [0.29, 0.717) is 18.5 Å². The van der Waals surface area contributed by atoms with E-state index in [4.69, 9.17) is 17.3 Å². The van der Waals surface area contributed by atoms with Gasteiger partial charge in [-0.2, -0.15) is 0 Å². The van der Waals surface area contributed by atoms with Gasteiger partial charge in [0, 0.05) is 30.3 Å². The number of aliphatic hydroxyl groups is 1. The van der Waals surface area contributed by atoms with Crippen molar-refractivity contribution >= 4 is 11.6 Å². The minimum Gasteiger partial charge on any atom is -0.396 e. The number of aliphatic hydroxyl groups excluding tert-OH is 1. The molecule has 1 aliphatic rings. The molecule has 1 saturated carbocycles. The van der Waals surface area contributed by atoms with Crippen LogP contribution in [0.4, 0.5) is 0 Å². The lowest BCUT2D eigenvalue weighted by molar-refractivity contribution is 0.146. The van der Waals surface area contributed by atoms with Crippen molar-refractivity contribution in [1.29, 1.82) is 0 Å². The number of benzene rings is 1. The second-order valence-corrected chi connectivity index (χ2v) is 6.23. The maximum absolute atomic E-state index is 9.52. The first kappa shape index (κ1) is 15.8. The minimum atomic E-state index is 0.129. The fraction of sp³-hybridized carbons (Fsp3) is 0.625. The molecule has 112 valence electrons. The monoisotopic (exact) mass is 296 g/mol. The molecule has 1 aromatic carbocycles. The van der Waals surface area contributed by atoms with E-state index in [1.54, 1.807) is 0 Å². The predicted molar refractivity (Wildman–Crippen MR) is 84.0 cm³/mol. The van der Waals surface area contributed by atoms with Crippen LogP contribution in [-0.2, 0) is 0 Å². The number of aryl methyl sites for hydroxylation is 1. The van der Waals surface area contributed by atoms with Gasteiger partial charge in [0.25, 0.3) is 0 Å². The van der Waals surface area contributed by atoms with Gasteiger partial charge in [-0.15, -0.1) is 0 Å². The number of nitrogens with one attached hydrogen (secondary N) is 1. The molecule has 0 bridgehead atoms. The molecule has 3 atom stereocenters. The van der Waals surface area contributed by atoms with Crippen LogP contribution >= 0.6 is 11.6 Å². The first-order valence-corrected chi connectivity index (χ1v) is 7.86. The largest absolute Gasteiger partial charge is 0.396 e. The summed E-state index contributed by atoms with van der Waals surface area (Å²) in [5.41, 5.74) is 8.33. The van der Waals surface area contributed by atoms with Crippen LogP contribution in [0.1, 0.15) is 42.9 Å². The molecule has 3 nitrogen and oxygen atoms in total. The van der Waals surface area contributed by atoms with Gasteiger partial charge in [0.2, 0.25) is 0 Å². The van der Waals surface area contributed by atoms with E-state index in [2.05, 4.69) is 18.3 Å². The Morgan fingerprint density at radius 1 is 1.40 bits per heavy atom. The van der Waals surface area contributed by atoms with Gasteiger partial charge in [-0.05, 0) is 48.9 Å². The van der Waals surface area contributed by atoms with Crippen molar-refractivity contribution < 1.29 is 5.11 Å². The van der Waals surface area contributed by atoms with Crippen LogP contribution < -0.4 is 11.1 Å². The van der Waals surface area contributed by atoms with Gasteiger partial charge in [-0.25, -0.2) is 0 Å². The Balaban J connectivity index is 2.11. The van der Waals surface area contributed by atoms with Crippen molar-refractivity contribution in [3.05, 3.63) is 34.3 Å². The molecule has 1 aliphatic carbocycles. The third-order valence-corrected chi connectivity index (χ3v) is 4.64. The van der Waals surface area contributed by atoms with Crippen molar-refractivity contribution in [2.75, 3.05) is 13.2 Å². The number of hydrogen-bond donors (Lipinski definition) is 3. The summed E-state index contributed by atoms with van der Waals surface area (Å²) in [6, 6.07) is 6.44. The summed E-state index contributed by atoms with van der Waals surface area (Å²) in [5.74, 6) is 0.352. The Morgan fingerprint density at radius 2 is 2.15 bits per heavy atom. The average molecular weight is 297 g/mol. The molecule has 4 N–H and O–H groups in total. The molecule has 4 heteroatoms. The molecule has 0 aromatic heterocycles. The van der Waals surface area contributed by atoms with Crippen molar-refractivity contribution in [3.63, 3.8) is 0 Å². The molecule has 0 radical (unpaired) electrons. The zero-order valence-corrected chi connectivity index (χ0v) is 12.9. The first-order valence-electron chi connectivity index (χ1n) is 7.48. The summed E-state index contributed by atoms with van der Waals surface area (Å²) in [5, 5.41) is 13.9. The lowest BCUT2D eigenvalue weighted by atomic mass is 9.84. The minimum absolute atomic E-state index is 0.129. The maximum atomic E-state index is 9.52. The van der Waals surface area contributed by atoms with Gasteiger partial charge < -0.3 is 16.2 Å². The van der Waals surface area contributed by atoms with E-state index in [9.17, 15) is 5.11 Å². The smallest absolute Gasteiger partial charge is 0.0474 e. The van der Waals surface area contributed by atoms with E-state index < -0.39 is 0 Å². The average Bonchev–Trinajstić information content (AvgIpc) is 2.46. The van der Waals surface area contributed by atoms with E-state index in [1.807, 2.05) is 12.1 Å². The van der Waals surface area contributed by atoms with Crippen molar-refractivity contribution in [1.82, 2.24) is 5.32 Å². The molecule has 20 heavy (non-hydrogen) atoms. The second kappa shape index (κ2) is 7.41. The van der Waals surface area contributed by atoms with Crippen molar-refractivity contribution in [2.24, 2.45) is 11.7 Å². The van der Waals surface area contributed by atoms with Crippen molar-refractivity contribution in [3.8, 4) is 0 Å². The summed E-state index contributed by atoms with van der Waals surface area (Å²) in [4.78, 5) is 0. The standard InChI is InChI=1S/C16H25ClN2O/c1-11-8-13(17)6-7-14(11)16(9-18)19-15-5-3-2-4-12(15)10-20/h6-8,12,15-16,19-20H,2-5,9-10,18H2,1H3. The van der Waals surface area contributed by atoms with Crippen LogP contribution in [-0.4, -0.2) is 24.3 Å². The summed E-state index contributed by atoms with van der Waals surface area (Å²) < 4.78 is 0. The molecule has 0 aliphatic heterocycles. The van der Waals surface area contributed by atoms with E-state index >= 15 is 0 Å². The lowest BCUT2D eigenvalue weighted by Gasteiger charge is -2.34. The first-order chi connectivity index (χ1) is 9.65. The fourth-order valence-electron chi connectivity index (χ4n) is 3.22. The molecule has 0 amide bonds. The summed E-state index contributed by atoms with van der Waals surface area (Å²) >= 11 is 6.02. The highest BCUT2D eigenvalue weighted by atomic mass is 35.5. The predicted octanol–water partition coefficient (Wildman–Crippen LogP) is 2.79. The zero-order chi connectivity index (χ0) is 14.5. The second-order valence-electron chi connectivity index (χ2n) is 5.79. The Bertz CT molecular complexity index is 438. The maximum Gasteiger partial charge on any atom is 0.0474 e. The molecule has 0 spiro atoms. The molecular formula is C16H25ClN2O. The summed E-state index contributed by atoms with van der Waals surface area (Å²) in [6.45, 7) is 2.88. The molecule has 0 heterocycles. The topological polar surface area (TPSA) is 58.3 Å². The number of nitrogens with two attached hydrogens (primary N) is 1. The molecule has 3 unspecified atom stereocenters. The highest BCUT2D eigenvalue weighted by Crippen LogP contribution is 2.28. The van der Waals surface area contributed by atoms with Crippen LogP contribution in [0.3, 0.4) is 0 Å². The third kappa shape index (κ3) is 3.73. The quantitative estimate of drug-likeness (QED) is 0.783. The Hall–Kier alpha value is -0.610. The van der Waals surface area contributed by atoms with E-state index in [-0.39, 0.29) is 12.6 Å². The highest BCUT2D eigenvalue weighted by Gasteiger charge is 2.27. The Kier molecular flexibility index (Phi) is 5.85. The van der Waals surface area contributed by atoms with Gasteiger partial charge in [-0.1, -0.05) is 30.5 Å². The number of rotatable bonds is 5. The van der Waals surface area contributed by atoms with E-state index in [0.717, 1.165) is 23.4 Å². The summed E-state index contributed by atoms with van der Waals surface area (Å²) in [6.07, 6.45) is 4.67. The zero-order valence-electron chi connectivity index (χ0n) is 12.1. The van der Waals surface area contributed by atoms with Crippen LogP contribution in [0.25, 0.3) is 0 Å². The Morgan fingerprint density at radius 3 is 2.80 bits per heavy atom. The van der Waals surface area contributed by atoms with Crippen LogP contribution in [0.5, 0.6) is 0 Å². The van der Waals surface area contributed by atoms with Gasteiger partial charge >= 0.3 is 0 Å². The number of hydrogen-bond acceptors (Lipinski definition) is 3.